The highest BCUT2D eigenvalue weighted by molar-refractivity contribution is 5.89. The third-order valence-corrected chi connectivity index (χ3v) is 3.73. The number of rotatable bonds is 6. The molecule has 2 N–H and O–H groups in total. The predicted molar refractivity (Wildman–Crippen MR) is 71.8 cm³/mol. The molecule has 0 heterocycles. The molecule has 1 atom stereocenters. The molecule has 4 nitrogen and oxygen atoms in total. The first-order chi connectivity index (χ1) is 9.07. The van der Waals surface area contributed by atoms with E-state index in [9.17, 15) is 9.59 Å². The average Bonchev–Trinajstić information content (AvgIpc) is 3.18. The van der Waals surface area contributed by atoms with Gasteiger partial charge in [0.15, 0.2) is 0 Å². The summed E-state index contributed by atoms with van der Waals surface area (Å²) in [6.45, 7) is 2.04. The lowest BCUT2D eigenvalue weighted by Gasteiger charge is -2.17. The molecule has 1 aromatic rings. The number of benzene rings is 1. The van der Waals surface area contributed by atoms with E-state index in [4.69, 9.17) is 5.11 Å². The summed E-state index contributed by atoms with van der Waals surface area (Å²) in [4.78, 5) is 23.0. The Morgan fingerprint density at radius 2 is 1.95 bits per heavy atom. The van der Waals surface area contributed by atoms with Crippen LogP contribution in [0.2, 0.25) is 0 Å². The third-order valence-electron chi connectivity index (χ3n) is 3.73. The molecule has 1 fully saturated rings. The van der Waals surface area contributed by atoms with Crippen molar-refractivity contribution in [3.8, 4) is 0 Å². The first kappa shape index (κ1) is 13.6. The molecule has 0 aliphatic heterocycles. The minimum Gasteiger partial charge on any atom is -0.480 e. The number of amides is 1. The molecule has 1 amide bonds. The van der Waals surface area contributed by atoms with E-state index in [1.54, 1.807) is 0 Å². The van der Waals surface area contributed by atoms with Gasteiger partial charge in [-0.25, -0.2) is 4.79 Å². The molecule has 0 radical (unpaired) electrons. The second kappa shape index (κ2) is 5.43. The first-order valence-corrected chi connectivity index (χ1v) is 6.67. The van der Waals surface area contributed by atoms with Gasteiger partial charge in [0, 0.05) is 6.42 Å². The largest absolute Gasteiger partial charge is 0.480 e. The van der Waals surface area contributed by atoms with E-state index in [-0.39, 0.29) is 11.8 Å². The molecular weight excluding hydrogens is 242 g/mol. The molecule has 0 spiro atoms. The maximum absolute atomic E-state index is 12.0. The molecule has 102 valence electrons. The fourth-order valence-electron chi connectivity index (χ4n) is 2.28. The van der Waals surface area contributed by atoms with Crippen molar-refractivity contribution in [1.29, 1.82) is 0 Å². The molecule has 19 heavy (non-hydrogen) atoms. The van der Waals surface area contributed by atoms with Gasteiger partial charge in [-0.3, -0.25) is 4.79 Å². The smallest absolute Gasteiger partial charge is 0.329 e. The van der Waals surface area contributed by atoms with E-state index >= 15 is 0 Å². The molecule has 2 rings (SSSR count). The van der Waals surface area contributed by atoms with Crippen molar-refractivity contribution in [2.75, 3.05) is 0 Å². The van der Waals surface area contributed by atoms with Crippen LogP contribution in [-0.4, -0.2) is 22.5 Å². The van der Waals surface area contributed by atoms with Gasteiger partial charge >= 0.3 is 5.97 Å². The molecule has 1 aliphatic carbocycles. The number of carbonyl (C=O) groups is 2. The maximum Gasteiger partial charge on any atom is 0.329 e. The van der Waals surface area contributed by atoms with E-state index in [0.717, 1.165) is 12.0 Å². The second-order valence-corrected chi connectivity index (χ2v) is 5.16. The maximum atomic E-state index is 12.0. The number of aliphatic carboxylic acids is 1. The van der Waals surface area contributed by atoms with Crippen molar-refractivity contribution in [3.63, 3.8) is 0 Å². The number of carboxylic acids is 1. The van der Waals surface area contributed by atoms with Crippen LogP contribution in [0.3, 0.4) is 0 Å². The Hall–Kier alpha value is -1.84. The number of carboxylic acid groups (broad SMARTS) is 1. The van der Waals surface area contributed by atoms with Gasteiger partial charge in [-0.1, -0.05) is 37.3 Å². The first-order valence-electron chi connectivity index (χ1n) is 6.67. The molecule has 4 heteroatoms. The summed E-state index contributed by atoms with van der Waals surface area (Å²) in [6.07, 6.45) is 2.28. The van der Waals surface area contributed by atoms with Crippen molar-refractivity contribution in [2.24, 2.45) is 0 Å². The predicted octanol–water partition coefficient (Wildman–Crippen LogP) is 2.30. The minimum atomic E-state index is -0.980. The zero-order chi connectivity index (χ0) is 13.9. The quantitative estimate of drug-likeness (QED) is 0.825. The number of carbonyl (C=O) groups excluding carboxylic acids is 1. The van der Waals surface area contributed by atoms with Gasteiger partial charge in [0.2, 0.25) is 5.91 Å². The van der Waals surface area contributed by atoms with E-state index in [2.05, 4.69) is 5.32 Å². The fourth-order valence-corrected chi connectivity index (χ4v) is 2.28. The van der Waals surface area contributed by atoms with Gasteiger partial charge in [-0.2, -0.15) is 0 Å². The van der Waals surface area contributed by atoms with E-state index in [1.165, 1.54) is 0 Å². The molecule has 1 aromatic carbocycles. The summed E-state index contributed by atoms with van der Waals surface area (Å²) in [5, 5.41) is 11.7. The number of hydrogen-bond acceptors (Lipinski definition) is 2. The number of hydrogen-bond donors (Lipinski definition) is 2. The minimum absolute atomic E-state index is 0.144. The Kier molecular flexibility index (Phi) is 3.88. The molecule has 1 unspecified atom stereocenters. The lowest BCUT2D eigenvalue weighted by molar-refractivity contribution is -0.143. The van der Waals surface area contributed by atoms with Crippen molar-refractivity contribution in [3.05, 3.63) is 35.9 Å². The van der Waals surface area contributed by atoms with Gasteiger partial charge < -0.3 is 10.4 Å². The Labute approximate surface area is 112 Å². The lowest BCUT2D eigenvalue weighted by atomic mass is 9.93. The van der Waals surface area contributed by atoms with Gasteiger partial charge in [0.1, 0.15) is 5.54 Å². The summed E-state index contributed by atoms with van der Waals surface area (Å²) in [5.41, 5.74) is 0.145. The summed E-state index contributed by atoms with van der Waals surface area (Å²) in [5.74, 6) is -0.949. The van der Waals surface area contributed by atoms with Crippen LogP contribution in [0.25, 0.3) is 0 Å². The molecule has 0 aromatic heterocycles. The van der Waals surface area contributed by atoms with Gasteiger partial charge in [0.25, 0.3) is 0 Å². The SMILES string of the molecule is CCC(CC(=O)NC1(C(=O)O)CC1)c1ccccc1. The number of nitrogens with one attached hydrogen (secondary N) is 1. The van der Waals surface area contributed by atoms with Crippen LogP contribution >= 0.6 is 0 Å². The highest BCUT2D eigenvalue weighted by Gasteiger charge is 2.51. The van der Waals surface area contributed by atoms with Crippen molar-refractivity contribution >= 4 is 11.9 Å². The molecule has 1 saturated carbocycles. The topological polar surface area (TPSA) is 66.4 Å². The summed E-state index contributed by atoms with van der Waals surface area (Å²) in [6, 6.07) is 9.86. The van der Waals surface area contributed by atoms with E-state index < -0.39 is 11.5 Å². The monoisotopic (exact) mass is 261 g/mol. The van der Waals surface area contributed by atoms with Crippen LogP contribution in [0.5, 0.6) is 0 Å². The van der Waals surface area contributed by atoms with Crippen LogP contribution in [0, 0.1) is 0 Å². The second-order valence-electron chi connectivity index (χ2n) is 5.16. The Morgan fingerprint density at radius 3 is 2.42 bits per heavy atom. The standard InChI is InChI=1S/C15H19NO3/c1-2-11(12-6-4-3-5-7-12)10-13(17)16-15(8-9-15)14(18)19/h3-7,11H,2,8-10H2,1H3,(H,16,17)(H,18,19). The van der Waals surface area contributed by atoms with Crippen molar-refractivity contribution in [2.45, 2.75) is 44.1 Å². The van der Waals surface area contributed by atoms with Gasteiger partial charge in [-0.15, -0.1) is 0 Å². The normalized spacial score (nSPS) is 17.5. The lowest BCUT2D eigenvalue weighted by Crippen LogP contribution is -2.43. The molecular formula is C15H19NO3. The fraction of sp³-hybridized carbons (Fsp3) is 0.467. The Morgan fingerprint density at radius 1 is 1.32 bits per heavy atom. The summed E-state index contributed by atoms with van der Waals surface area (Å²) in [7, 11) is 0. The highest BCUT2D eigenvalue weighted by Crippen LogP contribution is 2.36. The van der Waals surface area contributed by atoms with Crippen LogP contribution in [0.15, 0.2) is 30.3 Å². The van der Waals surface area contributed by atoms with Crippen molar-refractivity contribution in [1.82, 2.24) is 5.32 Å². The van der Waals surface area contributed by atoms with E-state index in [0.29, 0.717) is 19.3 Å². The third kappa shape index (κ3) is 3.13. The summed E-state index contributed by atoms with van der Waals surface area (Å²) < 4.78 is 0. The highest BCUT2D eigenvalue weighted by atomic mass is 16.4. The van der Waals surface area contributed by atoms with E-state index in [1.807, 2.05) is 37.3 Å². The van der Waals surface area contributed by atoms with Gasteiger partial charge in [0.05, 0.1) is 0 Å². The van der Waals surface area contributed by atoms with Crippen LogP contribution < -0.4 is 5.32 Å². The molecule has 0 bridgehead atoms. The Bertz CT molecular complexity index is 466. The van der Waals surface area contributed by atoms with Crippen molar-refractivity contribution < 1.29 is 14.7 Å². The van der Waals surface area contributed by atoms with Crippen LogP contribution in [0.4, 0.5) is 0 Å². The average molecular weight is 261 g/mol. The van der Waals surface area contributed by atoms with Crippen LogP contribution in [-0.2, 0) is 9.59 Å². The van der Waals surface area contributed by atoms with Gasteiger partial charge in [-0.05, 0) is 30.7 Å². The molecule has 0 saturated heterocycles. The summed E-state index contributed by atoms with van der Waals surface area (Å²) >= 11 is 0. The zero-order valence-electron chi connectivity index (χ0n) is 11.1. The molecule has 1 aliphatic rings. The zero-order valence-corrected chi connectivity index (χ0v) is 11.1. The Balaban J connectivity index is 1.96. The van der Waals surface area contributed by atoms with Crippen LogP contribution in [0.1, 0.15) is 44.1 Å².